The smallest absolute Gasteiger partial charge is 0.159 e. The number of carbonyl (C=O) groups excluding carboxylic acids is 1. The minimum atomic E-state index is 0.0866. The highest BCUT2D eigenvalue weighted by Crippen LogP contribution is 2.34. The van der Waals surface area contributed by atoms with Gasteiger partial charge in [-0.05, 0) is 58.6 Å². The SMILES string of the molecule is CC(=O)c1ccc(Sc2ccc(C(C)C)cc2)c(Br)c1. The van der Waals surface area contributed by atoms with E-state index in [1.807, 2.05) is 18.2 Å². The fourth-order valence-corrected chi connectivity index (χ4v) is 3.29. The van der Waals surface area contributed by atoms with Gasteiger partial charge in [0.2, 0.25) is 0 Å². The number of rotatable bonds is 4. The summed E-state index contributed by atoms with van der Waals surface area (Å²) in [4.78, 5) is 13.7. The van der Waals surface area contributed by atoms with Gasteiger partial charge in [0, 0.05) is 19.8 Å². The molecule has 0 unspecified atom stereocenters. The van der Waals surface area contributed by atoms with Gasteiger partial charge >= 0.3 is 0 Å². The molecule has 0 aliphatic rings. The fourth-order valence-electron chi connectivity index (χ4n) is 1.85. The highest BCUT2D eigenvalue weighted by molar-refractivity contribution is 9.10. The summed E-state index contributed by atoms with van der Waals surface area (Å²) in [6, 6.07) is 14.4. The Balaban J connectivity index is 2.19. The van der Waals surface area contributed by atoms with Gasteiger partial charge in [-0.25, -0.2) is 0 Å². The molecular weight excluding hydrogens is 332 g/mol. The van der Waals surface area contributed by atoms with Gasteiger partial charge in [-0.15, -0.1) is 0 Å². The zero-order chi connectivity index (χ0) is 14.7. The van der Waals surface area contributed by atoms with Crippen molar-refractivity contribution in [2.24, 2.45) is 0 Å². The summed E-state index contributed by atoms with van der Waals surface area (Å²) in [5.41, 5.74) is 2.08. The molecule has 0 saturated carbocycles. The maximum Gasteiger partial charge on any atom is 0.159 e. The monoisotopic (exact) mass is 348 g/mol. The number of halogens is 1. The third-order valence-electron chi connectivity index (χ3n) is 3.11. The van der Waals surface area contributed by atoms with E-state index in [0.29, 0.717) is 5.92 Å². The van der Waals surface area contributed by atoms with Crippen LogP contribution < -0.4 is 0 Å². The lowest BCUT2D eigenvalue weighted by atomic mass is 10.0. The van der Waals surface area contributed by atoms with Crippen LogP contribution >= 0.6 is 27.7 Å². The first-order valence-electron chi connectivity index (χ1n) is 6.55. The van der Waals surface area contributed by atoms with Crippen molar-refractivity contribution in [2.45, 2.75) is 36.5 Å². The number of Topliss-reactive ketones (excluding diaryl/α,β-unsaturated/α-hetero) is 1. The molecule has 0 bridgehead atoms. The van der Waals surface area contributed by atoms with Gasteiger partial charge in [-0.1, -0.05) is 43.8 Å². The molecule has 0 radical (unpaired) electrons. The normalized spacial score (nSPS) is 10.8. The summed E-state index contributed by atoms with van der Waals surface area (Å²) in [6.45, 7) is 5.97. The molecule has 20 heavy (non-hydrogen) atoms. The van der Waals surface area contributed by atoms with E-state index in [1.165, 1.54) is 10.5 Å². The molecule has 0 aliphatic carbocycles. The van der Waals surface area contributed by atoms with Gasteiger partial charge in [0.1, 0.15) is 0 Å². The van der Waals surface area contributed by atoms with Crippen molar-refractivity contribution in [1.82, 2.24) is 0 Å². The summed E-state index contributed by atoms with van der Waals surface area (Å²) < 4.78 is 0.961. The molecule has 0 atom stereocenters. The molecule has 2 aromatic rings. The van der Waals surface area contributed by atoms with Crippen LogP contribution in [0.4, 0.5) is 0 Å². The van der Waals surface area contributed by atoms with E-state index in [2.05, 4.69) is 54.0 Å². The van der Waals surface area contributed by atoms with Crippen molar-refractivity contribution in [3.63, 3.8) is 0 Å². The predicted molar refractivity (Wildman–Crippen MR) is 88.8 cm³/mol. The van der Waals surface area contributed by atoms with Crippen molar-refractivity contribution in [3.8, 4) is 0 Å². The molecule has 2 aromatic carbocycles. The van der Waals surface area contributed by atoms with Gasteiger partial charge in [0.05, 0.1) is 0 Å². The Morgan fingerprint density at radius 3 is 2.25 bits per heavy atom. The molecule has 0 heterocycles. The number of hydrogen-bond acceptors (Lipinski definition) is 2. The number of ketones is 1. The summed E-state index contributed by atoms with van der Waals surface area (Å²) >= 11 is 5.23. The molecule has 104 valence electrons. The van der Waals surface area contributed by atoms with E-state index in [0.717, 1.165) is 14.9 Å². The van der Waals surface area contributed by atoms with E-state index >= 15 is 0 Å². The number of hydrogen-bond donors (Lipinski definition) is 0. The van der Waals surface area contributed by atoms with Crippen molar-refractivity contribution >= 4 is 33.5 Å². The summed E-state index contributed by atoms with van der Waals surface area (Å²) in [5.74, 6) is 0.638. The van der Waals surface area contributed by atoms with E-state index in [4.69, 9.17) is 0 Å². The minimum absolute atomic E-state index is 0.0866. The molecule has 0 N–H and O–H groups in total. The van der Waals surface area contributed by atoms with E-state index in [-0.39, 0.29) is 5.78 Å². The van der Waals surface area contributed by atoms with Crippen molar-refractivity contribution < 1.29 is 4.79 Å². The standard InChI is InChI=1S/C17H17BrOS/c1-11(2)13-4-7-15(8-5-13)20-17-9-6-14(12(3)19)10-16(17)18/h4-11H,1-3H3. The molecule has 1 nitrogen and oxygen atoms in total. The highest BCUT2D eigenvalue weighted by atomic mass is 79.9. The van der Waals surface area contributed by atoms with Gasteiger partial charge in [0.15, 0.2) is 5.78 Å². The van der Waals surface area contributed by atoms with Crippen LogP contribution in [0.15, 0.2) is 56.7 Å². The average molecular weight is 349 g/mol. The predicted octanol–water partition coefficient (Wildman–Crippen LogP) is 5.93. The Morgan fingerprint density at radius 1 is 1.10 bits per heavy atom. The van der Waals surface area contributed by atoms with Crippen LogP contribution in [-0.2, 0) is 0 Å². The van der Waals surface area contributed by atoms with Crippen LogP contribution in [-0.4, -0.2) is 5.78 Å². The van der Waals surface area contributed by atoms with Gasteiger partial charge < -0.3 is 0 Å². The van der Waals surface area contributed by atoms with Crippen molar-refractivity contribution in [1.29, 1.82) is 0 Å². The summed E-state index contributed by atoms with van der Waals surface area (Å²) in [7, 11) is 0. The lowest BCUT2D eigenvalue weighted by molar-refractivity contribution is 0.101. The maximum atomic E-state index is 11.3. The third kappa shape index (κ3) is 3.74. The third-order valence-corrected chi connectivity index (χ3v) is 5.12. The first-order chi connectivity index (χ1) is 9.47. The summed E-state index contributed by atoms with van der Waals surface area (Å²) in [5, 5.41) is 0. The van der Waals surface area contributed by atoms with Crippen LogP contribution in [0.25, 0.3) is 0 Å². The Bertz CT molecular complexity index is 617. The molecule has 3 heteroatoms. The maximum absolute atomic E-state index is 11.3. The second kappa shape index (κ2) is 6.59. The molecule has 0 amide bonds. The second-order valence-corrected chi connectivity index (χ2v) is 7.00. The number of carbonyl (C=O) groups is 1. The first kappa shape index (κ1) is 15.3. The molecule has 2 rings (SSSR count). The van der Waals surface area contributed by atoms with Crippen molar-refractivity contribution in [2.75, 3.05) is 0 Å². The molecule has 0 saturated heterocycles. The molecule has 0 aliphatic heterocycles. The molecule has 0 aromatic heterocycles. The zero-order valence-corrected chi connectivity index (χ0v) is 14.2. The highest BCUT2D eigenvalue weighted by Gasteiger charge is 2.07. The lowest BCUT2D eigenvalue weighted by Gasteiger charge is -2.08. The topological polar surface area (TPSA) is 17.1 Å². The Hall–Kier alpha value is -1.06. The quantitative estimate of drug-likeness (QED) is 0.637. The van der Waals surface area contributed by atoms with Crippen LogP contribution in [0.3, 0.4) is 0 Å². The Kier molecular flexibility index (Phi) is 5.06. The van der Waals surface area contributed by atoms with Crippen LogP contribution in [0.1, 0.15) is 42.6 Å². The average Bonchev–Trinajstić information content (AvgIpc) is 2.41. The largest absolute Gasteiger partial charge is 0.295 e. The van der Waals surface area contributed by atoms with E-state index in [9.17, 15) is 4.79 Å². The summed E-state index contributed by atoms with van der Waals surface area (Å²) in [6.07, 6.45) is 0. The second-order valence-electron chi connectivity index (χ2n) is 5.03. The van der Waals surface area contributed by atoms with Crippen LogP contribution in [0.5, 0.6) is 0 Å². The fraction of sp³-hybridized carbons (Fsp3) is 0.235. The van der Waals surface area contributed by atoms with Crippen LogP contribution in [0.2, 0.25) is 0 Å². The first-order valence-corrected chi connectivity index (χ1v) is 8.16. The van der Waals surface area contributed by atoms with E-state index in [1.54, 1.807) is 18.7 Å². The molecule has 0 spiro atoms. The molecule has 0 fully saturated rings. The Morgan fingerprint density at radius 2 is 1.75 bits per heavy atom. The molecular formula is C17H17BrOS. The zero-order valence-electron chi connectivity index (χ0n) is 11.8. The lowest BCUT2D eigenvalue weighted by Crippen LogP contribution is -1.91. The van der Waals surface area contributed by atoms with Gasteiger partial charge in [0.25, 0.3) is 0 Å². The number of benzene rings is 2. The Labute approximate surface area is 132 Å². The van der Waals surface area contributed by atoms with Crippen LogP contribution in [0, 0.1) is 0 Å². The van der Waals surface area contributed by atoms with E-state index < -0.39 is 0 Å². The van der Waals surface area contributed by atoms with Gasteiger partial charge in [-0.3, -0.25) is 4.79 Å². The minimum Gasteiger partial charge on any atom is -0.295 e. The van der Waals surface area contributed by atoms with Gasteiger partial charge in [-0.2, -0.15) is 0 Å². The van der Waals surface area contributed by atoms with Crippen molar-refractivity contribution in [3.05, 3.63) is 58.1 Å².